The van der Waals surface area contributed by atoms with Crippen molar-refractivity contribution in [1.29, 1.82) is 0 Å². The van der Waals surface area contributed by atoms with Gasteiger partial charge in [-0.3, -0.25) is 0 Å². The van der Waals surface area contributed by atoms with Gasteiger partial charge in [0.1, 0.15) is 4.75 Å². The summed E-state index contributed by atoms with van der Waals surface area (Å²) in [5, 5.41) is 13.8. The lowest BCUT2D eigenvalue weighted by atomic mass is 9.92. The number of anilines is 1. The van der Waals surface area contributed by atoms with Crippen molar-refractivity contribution in [2.45, 2.75) is 44.4 Å². The van der Waals surface area contributed by atoms with Crippen LogP contribution in [0.25, 0.3) is 5.69 Å². The first-order valence-corrected chi connectivity index (χ1v) is 14.6. The smallest absolute Gasteiger partial charge is 0.337 e. The molecule has 0 saturated carbocycles. The second kappa shape index (κ2) is 8.69. The minimum atomic E-state index is -2.95. The van der Waals surface area contributed by atoms with Gasteiger partial charge in [0, 0.05) is 42.6 Å². The van der Waals surface area contributed by atoms with Crippen molar-refractivity contribution < 1.29 is 13.2 Å². The molecule has 2 aromatic carbocycles. The summed E-state index contributed by atoms with van der Waals surface area (Å²) in [5.41, 5.74) is 7.58. The summed E-state index contributed by atoms with van der Waals surface area (Å²) in [4.78, 5) is 14.9. The van der Waals surface area contributed by atoms with E-state index in [4.69, 9.17) is 5.10 Å². The summed E-state index contributed by atoms with van der Waals surface area (Å²) in [6, 6.07) is 16.0. The minimum Gasteiger partial charge on any atom is -0.368 e. The molecule has 198 valence electrons. The average Bonchev–Trinajstić information content (AvgIpc) is 3.13. The Labute approximate surface area is 223 Å². The zero-order chi connectivity index (χ0) is 26.8. The van der Waals surface area contributed by atoms with Crippen molar-refractivity contribution in [1.82, 2.24) is 20.1 Å². The topological polar surface area (TPSA) is 99.9 Å². The molecule has 2 fully saturated rings. The van der Waals surface area contributed by atoms with Gasteiger partial charge in [-0.25, -0.2) is 22.9 Å². The second-order valence-corrected chi connectivity index (χ2v) is 13.2. The van der Waals surface area contributed by atoms with Gasteiger partial charge < -0.3 is 10.2 Å². The predicted octanol–water partition coefficient (Wildman–Crippen LogP) is 3.20. The van der Waals surface area contributed by atoms with Crippen LogP contribution in [0, 0.1) is 13.8 Å². The Hall–Kier alpha value is -3.66. The third kappa shape index (κ3) is 3.81. The van der Waals surface area contributed by atoms with Gasteiger partial charge in [0.2, 0.25) is 0 Å². The summed E-state index contributed by atoms with van der Waals surface area (Å²) >= 11 is 0. The highest BCUT2D eigenvalue weighted by Crippen LogP contribution is 2.43. The van der Waals surface area contributed by atoms with Crippen LogP contribution in [0.3, 0.4) is 0 Å². The third-order valence-corrected chi connectivity index (χ3v) is 10.6. The Morgan fingerprint density at radius 1 is 1.05 bits per heavy atom. The number of aromatic nitrogens is 2. The number of urea groups is 1. The van der Waals surface area contributed by atoms with Crippen LogP contribution in [-0.4, -0.2) is 71.6 Å². The van der Waals surface area contributed by atoms with E-state index < -0.39 is 14.6 Å². The predicted molar refractivity (Wildman–Crippen MR) is 148 cm³/mol. The number of sulfone groups is 1. The number of aryl methyl sites for hydroxylation is 2. The zero-order valence-corrected chi connectivity index (χ0v) is 22.9. The van der Waals surface area contributed by atoms with Crippen LogP contribution in [0.15, 0.2) is 53.6 Å². The maximum absolute atomic E-state index is 12.8. The van der Waals surface area contributed by atoms with Gasteiger partial charge in [-0.05, 0) is 69.5 Å². The summed E-state index contributed by atoms with van der Waals surface area (Å²) in [6.07, 6.45) is 1.41. The normalized spacial score (nSPS) is 21.2. The number of carbonyl (C=O) groups is 1. The van der Waals surface area contributed by atoms with Crippen LogP contribution < -0.4 is 10.2 Å². The number of hydrogen-bond acceptors (Lipinski definition) is 6. The maximum atomic E-state index is 12.8. The quantitative estimate of drug-likeness (QED) is 0.559. The molecule has 1 atom stereocenters. The highest BCUT2D eigenvalue weighted by atomic mass is 32.2. The van der Waals surface area contributed by atoms with E-state index in [1.165, 1.54) is 5.01 Å². The number of nitrogens with one attached hydrogen (secondary N) is 1. The van der Waals surface area contributed by atoms with E-state index in [0.717, 1.165) is 45.9 Å². The first kappa shape index (κ1) is 24.7. The molecule has 9 nitrogen and oxygen atoms in total. The molecule has 0 bridgehead atoms. The van der Waals surface area contributed by atoms with Gasteiger partial charge in [0.25, 0.3) is 0 Å². The summed E-state index contributed by atoms with van der Waals surface area (Å²) < 4.78 is 25.8. The molecule has 4 heterocycles. The fraction of sp³-hybridized carbons (Fsp3) is 0.393. The van der Waals surface area contributed by atoms with Gasteiger partial charge in [0.15, 0.2) is 9.84 Å². The molecular weight excluding hydrogens is 500 g/mol. The van der Waals surface area contributed by atoms with Crippen molar-refractivity contribution in [3.63, 3.8) is 0 Å². The zero-order valence-electron chi connectivity index (χ0n) is 22.1. The van der Waals surface area contributed by atoms with Crippen molar-refractivity contribution in [2.24, 2.45) is 5.10 Å². The highest BCUT2D eigenvalue weighted by molar-refractivity contribution is 7.94. The molecule has 38 heavy (non-hydrogen) atoms. The van der Waals surface area contributed by atoms with Crippen LogP contribution in [0.5, 0.6) is 0 Å². The molecule has 2 saturated heterocycles. The fourth-order valence-corrected chi connectivity index (χ4v) is 7.62. The summed E-state index contributed by atoms with van der Waals surface area (Å²) in [7, 11) is -1.34. The Morgan fingerprint density at radius 3 is 2.34 bits per heavy atom. The number of amides is 2. The second-order valence-electron chi connectivity index (χ2n) is 10.7. The van der Waals surface area contributed by atoms with Crippen LogP contribution in [0.1, 0.15) is 41.4 Å². The SMILES string of the molecule is CNC(=O)N1N=C(c2ccc(N3CC4(CCS4(=O)=O)C3)cc2)c2cc(-n3nc(C)cc3C)ccc2C[C@@H]1C. The third-order valence-electron chi connectivity index (χ3n) is 8.12. The molecule has 1 spiro atoms. The van der Waals surface area contributed by atoms with E-state index in [1.807, 2.05) is 55.8 Å². The highest BCUT2D eigenvalue weighted by Gasteiger charge is 2.59. The van der Waals surface area contributed by atoms with E-state index >= 15 is 0 Å². The molecule has 0 aliphatic carbocycles. The van der Waals surface area contributed by atoms with Gasteiger partial charge in [-0.15, -0.1) is 0 Å². The Bertz CT molecular complexity index is 1570. The van der Waals surface area contributed by atoms with Crippen molar-refractivity contribution in [2.75, 3.05) is 30.8 Å². The van der Waals surface area contributed by atoms with Gasteiger partial charge >= 0.3 is 6.03 Å². The van der Waals surface area contributed by atoms with Crippen LogP contribution in [-0.2, 0) is 16.3 Å². The maximum Gasteiger partial charge on any atom is 0.337 e. The first-order valence-electron chi connectivity index (χ1n) is 12.9. The molecule has 1 N–H and O–H groups in total. The molecule has 6 rings (SSSR count). The molecule has 1 aromatic heterocycles. The number of rotatable bonds is 3. The van der Waals surface area contributed by atoms with E-state index in [0.29, 0.717) is 31.0 Å². The largest absolute Gasteiger partial charge is 0.368 e. The summed E-state index contributed by atoms with van der Waals surface area (Å²) in [5.74, 6) is 0.304. The molecule has 0 unspecified atom stereocenters. The van der Waals surface area contributed by atoms with E-state index in [2.05, 4.69) is 33.5 Å². The van der Waals surface area contributed by atoms with Gasteiger partial charge in [0.05, 0.1) is 28.9 Å². The summed E-state index contributed by atoms with van der Waals surface area (Å²) in [6.45, 7) is 7.10. The van der Waals surface area contributed by atoms with Crippen molar-refractivity contribution in [3.05, 3.63) is 76.6 Å². The fourth-order valence-electron chi connectivity index (χ4n) is 5.80. The lowest BCUT2D eigenvalue weighted by molar-refractivity contribution is 0.184. The monoisotopic (exact) mass is 532 g/mol. The Balaban J connectivity index is 1.39. The lowest BCUT2D eigenvalue weighted by Crippen LogP contribution is -2.72. The lowest BCUT2D eigenvalue weighted by Gasteiger charge is -2.55. The number of hydrogen-bond donors (Lipinski definition) is 1. The standard InChI is InChI=1S/C28H32N6O3S/c1-18-13-19(2)33(30-18)24-10-7-22-14-20(3)34(27(35)29-4)31-26(25(22)15-24)21-5-8-23(9-6-21)32-16-28(17-32)11-12-38(28,36)37/h5-10,13,15,20H,11-12,14,16-17H2,1-4H3,(H,29,35)/t20-/m0/s1. The molecule has 2 amide bonds. The molecular formula is C28H32N6O3S. The first-order chi connectivity index (χ1) is 18.1. The number of carbonyl (C=O) groups excluding carboxylic acids is 1. The van der Waals surface area contributed by atoms with Crippen LogP contribution >= 0.6 is 0 Å². The van der Waals surface area contributed by atoms with Crippen LogP contribution in [0.2, 0.25) is 0 Å². The number of fused-ring (bicyclic) bond motifs is 1. The molecule has 0 radical (unpaired) electrons. The van der Waals surface area contributed by atoms with Crippen molar-refractivity contribution in [3.8, 4) is 5.69 Å². The van der Waals surface area contributed by atoms with Gasteiger partial charge in [-0.2, -0.15) is 10.2 Å². The van der Waals surface area contributed by atoms with E-state index in [9.17, 15) is 13.2 Å². The Morgan fingerprint density at radius 2 is 1.76 bits per heavy atom. The number of hydrazone groups is 1. The van der Waals surface area contributed by atoms with E-state index in [-0.39, 0.29) is 12.1 Å². The molecule has 10 heteroatoms. The number of nitrogens with zero attached hydrogens (tertiary/aromatic N) is 5. The molecule has 3 aliphatic heterocycles. The van der Waals surface area contributed by atoms with Gasteiger partial charge in [-0.1, -0.05) is 18.2 Å². The number of benzene rings is 2. The molecule has 3 aliphatic rings. The van der Waals surface area contributed by atoms with Crippen molar-refractivity contribution >= 4 is 27.3 Å². The Kier molecular flexibility index (Phi) is 5.64. The molecule has 3 aromatic rings. The van der Waals surface area contributed by atoms with E-state index in [1.54, 1.807) is 7.05 Å². The minimum absolute atomic E-state index is 0.133. The van der Waals surface area contributed by atoms with Crippen LogP contribution in [0.4, 0.5) is 10.5 Å². The average molecular weight is 533 g/mol.